The monoisotopic (exact) mass is 471 g/mol. The van der Waals surface area contributed by atoms with Crippen LogP contribution in [0.25, 0.3) is 0 Å². The van der Waals surface area contributed by atoms with E-state index in [1.807, 2.05) is 24.3 Å². The predicted molar refractivity (Wildman–Crippen MR) is 77.2 cm³/mol. The van der Waals surface area contributed by atoms with E-state index in [9.17, 15) is 9.90 Å². The second-order valence-electron chi connectivity index (χ2n) is 4.43. The zero-order valence-corrected chi connectivity index (χ0v) is 14.9. The Hall–Kier alpha value is -1.45. The first-order valence-electron chi connectivity index (χ1n) is 6.12. The van der Waals surface area contributed by atoms with Gasteiger partial charge in [-0.2, -0.15) is 0 Å². The second kappa shape index (κ2) is 6.54. The third-order valence-corrected chi connectivity index (χ3v) is 4.35. The summed E-state index contributed by atoms with van der Waals surface area (Å²) in [5.74, 6) is 0.677. The van der Waals surface area contributed by atoms with Crippen molar-refractivity contribution in [2.75, 3.05) is 7.11 Å². The molecule has 0 spiro atoms. The van der Waals surface area contributed by atoms with E-state index in [0.29, 0.717) is 5.56 Å². The number of aromatic hydroxyl groups is 1. The Morgan fingerprint density at radius 3 is 2.81 bits per heavy atom. The maximum Gasteiger partial charge on any atom is 0.253 e. The first-order valence-corrected chi connectivity index (χ1v) is 7.00. The van der Waals surface area contributed by atoms with Crippen molar-refractivity contribution < 1.29 is 35.7 Å². The molecule has 4 nitrogen and oxygen atoms in total. The minimum atomic E-state index is -0.178. The molecule has 0 bridgehead atoms. The zero-order valence-electron chi connectivity index (χ0n) is 11.2. The number of benzene rings is 2. The molecule has 108 valence electrons. The molecule has 1 aliphatic rings. The van der Waals surface area contributed by atoms with E-state index in [0.717, 1.165) is 16.2 Å². The van der Waals surface area contributed by atoms with Gasteiger partial charge in [0.2, 0.25) is 0 Å². The molecular formula is C15H13NO3SW. The number of nitrogens with one attached hydrogen (secondary N) is 1. The Kier molecular flexibility index (Phi) is 4.96. The first kappa shape index (κ1) is 15.9. The van der Waals surface area contributed by atoms with Gasteiger partial charge in [-0.05, 0) is 35.9 Å². The summed E-state index contributed by atoms with van der Waals surface area (Å²) >= 11 is 1.54. The van der Waals surface area contributed by atoms with Gasteiger partial charge in [0.1, 0.15) is 16.9 Å². The quantitative estimate of drug-likeness (QED) is 0.708. The average Bonchev–Trinajstić information content (AvgIpc) is 2.48. The number of phenols is 1. The van der Waals surface area contributed by atoms with E-state index in [1.54, 1.807) is 31.0 Å². The van der Waals surface area contributed by atoms with Crippen molar-refractivity contribution in [2.45, 2.75) is 10.3 Å². The van der Waals surface area contributed by atoms with E-state index in [4.69, 9.17) is 4.74 Å². The molecule has 0 saturated carbocycles. The SMILES string of the molecule is COc1cccc(C2NC(=O)c3cc(O)ccc3S2)c1.[W]. The fraction of sp³-hybridized carbons (Fsp3) is 0.133. The van der Waals surface area contributed by atoms with Gasteiger partial charge in [0.25, 0.3) is 5.91 Å². The van der Waals surface area contributed by atoms with Crippen molar-refractivity contribution in [1.82, 2.24) is 5.32 Å². The van der Waals surface area contributed by atoms with Crippen LogP contribution in [0, 0.1) is 0 Å². The Bertz CT molecular complexity index is 678. The first-order chi connectivity index (χ1) is 9.67. The molecule has 0 saturated heterocycles. The van der Waals surface area contributed by atoms with Gasteiger partial charge in [0.15, 0.2) is 0 Å². The summed E-state index contributed by atoms with van der Waals surface area (Å²) in [6.45, 7) is 0. The van der Waals surface area contributed by atoms with E-state index < -0.39 is 0 Å². The molecule has 2 aromatic carbocycles. The predicted octanol–water partition coefficient (Wildman–Crippen LogP) is 2.93. The van der Waals surface area contributed by atoms with Crippen molar-refractivity contribution in [3.63, 3.8) is 0 Å². The van der Waals surface area contributed by atoms with Crippen LogP contribution in [0.4, 0.5) is 0 Å². The van der Waals surface area contributed by atoms with Crippen molar-refractivity contribution in [2.24, 2.45) is 0 Å². The van der Waals surface area contributed by atoms with Gasteiger partial charge in [-0.25, -0.2) is 0 Å². The Labute approximate surface area is 141 Å². The third-order valence-electron chi connectivity index (χ3n) is 3.11. The largest absolute Gasteiger partial charge is 0.508 e. The molecule has 0 aliphatic carbocycles. The normalized spacial score (nSPS) is 16.4. The van der Waals surface area contributed by atoms with Gasteiger partial charge in [-0.15, -0.1) is 0 Å². The van der Waals surface area contributed by atoms with Crippen LogP contribution in [0.2, 0.25) is 0 Å². The van der Waals surface area contributed by atoms with Gasteiger partial charge in [-0.3, -0.25) is 4.79 Å². The van der Waals surface area contributed by atoms with Gasteiger partial charge < -0.3 is 15.2 Å². The van der Waals surface area contributed by atoms with Crippen LogP contribution in [0.15, 0.2) is 47.4 Å². The molecule has 0 radical (unpaired) electrons. The fourth-order valence-corrected chi connectivity index (χ4v) is 3.24. The third kappa shape index (κ3) is 3.25. The van der Waals surface area contributed by atoms with Crippen molar-refractivity contribution >= 4 is 17.7 Å². The molecule has 1 atom stereocenters. The number of phenolic OH excluding ortho intramolecular Hbond substituents is 1. The molecule has 2 N–H and O–H groups in total. The summed E-state index contributed by atoms with van der Waals surface area (Å²) in [5, 5.41) is 12.2. The number of rotatable bonds is 2. The average molecular weight is 471 g/mol. The molecule has 1 amide bonds. The molecular weight excluding hydrogens is 458 g/mol. The Morgan fingerprint density at radius 1 is 1.24 bits per heavy atom. The smallest absolute Gasteiger partial charge is 0.253 e. The van der Waals surface area contributed by atoms with E-state index in [1.165, 1.54) is 6.07 Å². The molecule has 21 heavy (non-hydrogen) atoms. The van der Waals surface area contributed by atoms with Crippen molar-refractivity contribution in [3.8, 4) is 11.5 Å². The number of carbonyl (C=O) groups excluding carboxylic acids is 1. The minimum absolute atomic E-state index is 0. The summed E-state index contributed by atoms with van der Waals surface area (Å²) in [7, 11) is 1.61. The molecule has 1 aliphatic heterocycles. The summed E-state index contributed by atoms with van der Waals surface area (Å²) in [6, 6.07) is 12.5. The van der Waals surface area contributed by atoms with Crippen LogP contribution < -0.4 is 10.1 Å². The number of amides is 1. The molecule has 3 rings (SSSR count). The van der Waals surface area contributed by atoms with Gasteiger partial charge >= 0.3 is 0 Å². The summed E-state index contributed by atoms with van der Waals surface area (Å²) in [4.78, 5) is 13.0. The van der Waals surface area contributed by atoms with Crippen molar-refractivity contribution in [1.29, 1.82) is 0 Å². The van der Waals surface area contributed by atoms with Gasteiger partial charge in [0, 0.05) is 26.0 Å². The summed E-state index contributed by atoms with van der Waals surface area (Å²) in [6.07, 6.45) is 0. The number of hydrogen-bond donors (Lipinski definition) is 2. The summed E-state index contributed by atoms with van der Waals surface area (Å²) < 4.78 is 5.20. The molecule has 0 fully saturated rings. The molecule has 0 aromatic heterocycles. The fourth-order valence-electron chi connectivity index (χ4n) is 2.11. The number of fused-ring (bicyclic) bond motifs is 1. The Balaban J connectivity index is 0.00000161. The second-order valence-corrected chi connectivity index (χ2v) is 5.58. The molecule has 2 aromatic rings. The molecule has 1 unspecified atom stereocenters. The van der Waals surface area contributed by atoms with Crippen molar-refractivity contribution in [3.05, 3.63) is 53.6 Å². The molecule has 1 heterocycles. The maximum absolute atomic E-state index is 12.1. The van der Waals surface area contributed by atoms with Crippen LogP contribution in [0.3, 0.4) is 0 Å². The van der Waals surface area contributed by atoms with Crippen LogP contribution in [-0.4, -0.2) is 18.1 Å². The zero-order chi connectivity index (χ0) is 14.1. The van der Waals surface area contributed by atoms with Gasteiger partial charge in [0.05, 0.1) is 12.7 Å². The Morgan fingerprint density at radius 2 is 2.05 bits per heavy atom. The van der Waals surface area contributed by atoms with Crippen LogP contribution in [-0.2, 0) is 21.1 Å². The molecule has 6 heteroatoms. The topological polar surface area (TPSA) is 58.6 Å². The van der Waals surface area contributed by atoms with E-state index >= 15 is 0 Å². The van der Waals surface area contributed by atoms with Crippen LogP contribution in [0.1, 0.15) is 21.3 Å². The number of carbonyl (C=O) groups is 1. The number of ether oxygens (including phenoxy) is 1. The number of hydrogen-bond acceptors (Lipinski definition) is 4. The summed E-state index contributed by atoms with van der Waals surface area (Å²) in [5.41, 5.74) is 1.48. The van der Waals surface area contributed by atoms with Crippen LogP contribution in [0.5, 0.6) is 11.5 Å². The van der Waals surface area contributed by atoms with E-state index in [-0.39, 0.29) is 38.1 Å². The number of methoxy groups -OCH3 is 1. The van der Waals surface area contributed by atoms with Crippen LogP contribution >= 0.6 is 11.8 Å². The van der Waals surface area contributed by atoms with Gasteiger partial charge in [-0.1, -0.05) is 23.9 Å². The van der Waals surface area contributed by atoms with E-state index in [2.05, 4.69) is 5.32 Å². The standard InChI is InChI=1S/C15H13NO3S.W/c1-19-11-4-2-3-9(7-11)15-16-14(18)12-8-10(17)5-6-13(12)20-15;/h2-8,15,17H,1H3,(H,16,18);. The maximum atomic E-state index is 12.1. The number of thioether (sulfide) groups is 1. The minimum Gasteiger partial charge on any atom is -0.508 e.